The Balaban J connectivity index is 1.89. The molecule has 0 bridgehead atoms. The lowest BCUT2D eigenvalue weighted by Crippen LogP contribution is -2.35. The molecule has 0 aromatic heterocycles. The van der Waals surface area contributed by atoms with Gasteiger partial charge in [0.25, 0.3) is 5.91 Å². The maximum atomic E-state index is 12.0. The van der Waals surface area contributed by atoms with Gasteiger partial charge in [-0.1, -0.05) is 28.8 Å². The number of hydrogen-bond donors (Lipinski definition) is 1. The number of halogens is 1. The number of carbonyl (C=O) groups is 2. The molecule has 21 heavy (non-hydrogen) atoms. The van der Waals surface area contributed by atoms with Crippen molar-refractivity contribution >= 4 is 33.5 Å². The Morgan fingerprint density at radius 1 is 1.14 bits per heavy atom. The van der Waals surface area contributed by atoms with Crippen LogP contribution in [0.4, 0.5) is 5.69 Å². The molecule has 1 aromatic carbocycles. The van der Waals surface area contributed by atoms with Gasteiger partial charge in [-0.25, -0.2) is 4.79 Å². The molecule has 114 valence electrons. The second-order valence-electron chi connectivity index (χ2n) is 5.14. The Labute approximate surface area is 132 Å². The van der Waals surface area contributed by atoms with E-state index in [0.29, 0.717) is 15.7 Å². The Hall–Kier alpha value is -1.56. The summed E-state index contributed by atoms with van der Waals surface area (Å²) in [5.74, 6) is -0.667. The summed E-state index contributed by atoms with van der Waals surface area (Å²) in [4.78, 5) is 25.7. The molecule has 0 atom stereocenters. The summed E-state index contributed by atoms with van der Waals surface area (Å²) in [7, 11) is 0. The highest BCUT2D eigenvalue weighted by Gasteiger charge is 2.18. The van der Waals surface area contributed by atoms with E-state index in [4.69, 9.17) is 10.5 Å². The maximum absolute atomic E-state index is 12.0. The first-order valence-corrected chi connectivity index (χ1v) is 7.86. The molecule has 1 fully saturated rings. The van der Waals surface area contributed by atoms with Gasteiger partial charge in [-0.15, -0.1) is 0 Å². The van der Waals surface area contributed by atoms with Gasteiger partial charge in [0.1, 0.15) is 0 Å². The molecule has 6 heteroatoms. The van der Waals surface area contributed by atoms with Crippen molar-refractivity contribution in [1.29, 1.82) is 0 Å². The topological polar surface area (TPSA) is 72.6 Å². The van der Waals surface area contributed by atoms with Gasteiger partial charge < -0.3 is 15.4 Å². The molecule has 0 radical (unpaired) electrons. The van der Waals surface area contributed by atoms with Gasteiger partial charge in [0.2, 0.25) is 0 Å². The van der Waals surface area contributed by atoms with Crippen LogP contribution in [0.5, 0.6) is 0 Å². The third-order valence-electron chi connectivity index (χ3n) is 3.44. The fraction of sp³-hybridized carbons (Fsp3) is 0.467. The minimum absolute atomic E-state index is 0.131. The number of nitrogens with zero attached hydrogens (tertiary/aromatic N) is 1. The zero-order chi connectivity index (χ0) is 15.2. The predicted octanol–water partition coefficient (Wildman–Crippen LogP) is 2.59. The van der Waals surface area contributed by atoms with Crippen molar-refractivity contribution in [2.75, 3.05) is 25.4 Å². The van der Waals surface area contributed by atoms with E-state index in [1.807, 2.05) is 0 Å². The van der Waals surface area contributed by atoms with Crippen molar-refractivity contribution in [2.24, 2.45) is 0 Å². The van der Waals surface area contributed by atoms with Gasteiger partial charge in [-0.05, 0) is 31.0 Å². The fourth-order valence-corrected chi connectivity index (χ4v) is 2.86. The molecule has 0 spiro atoms. The van der Waals surface area contributed by atoms with Crippen molar-refractivity contribution in [3.8, 4) is 0 Å². The predicted molar refractivity (Wildman–Crippen MR) is 83.9 cm³/mol. The zero-order valence-corrected chi connectivity index (χ0v) is 13.4. The summed E-state index contributed by atoms with van der Waals surface area (Å²) in [6.45, 7) is 1.28. The van der Waals surface area contributed by atoms with E-state index in [9.17, 15) is 9.59 Å². The average molecular weight is 355 g/mol. The number of hydrogen-bond acceptors (Lipinski definition) is 4. The second-order valence-corrected chi connectivity index (χ2v) is 6.06. The molecule has 0 unspecified atom stereocenters. The summed E-state index contributed by atoms with van der Waals surface area (Å²) < 4.78 is 5.79. The van der Waals surface area contributed by atoms with E-state index < -0.39 is 5.97 Å². The molecule has 1 saturated heterocycles. The third-order valence-corrected chi connectivity index (χ3v) is 3.90. The number of nitrogens with two attached hydrogens (primary N) is 1. The monoisotopic (exact) mass is 354 g/mol. The fourth-order valence-electron chi connectivity index (χ4n) is 2.35. The molecule has 0 saturated carbocycles. The number of ether oxygens (including phenoxy) is 1. The number of benzene rings is 1. The van der Waals surface area contributed by atoms with Crippen LogP contribution < -0.4 is 5.73 Å². The van der Waals surface area contributed by atoms with E-state index in [1.54, 1.807) is 17.0 Å². The normalized spacial score (nSPS) is 15.4. The van der Waals surface area contributed by atoms with Crippen LogP contribution in [0.1, 0.15) is 36.0 Å². The van der Waals surface area contributed by atoms with Crippen molar-refractivity contribution in [2.45, 2.75) is 25.7 Å². The van der Waals surface area contributed by atoms with E-state index in [2.05, 4.69) is 15.9 Å². The van der Waals surface area contributed by atoms with Crippen LogP contribution in [-0.2, 0) is 9.53 Å². The van der Waals surface area contributed by atoms with E-state index in [-0.39, 0.29) is 12.5 Å². The molecule has 1 heterocycles. The number of nitrogen functional groups attached to an aromatic ring is 1. The zero-order valence-electron chi connectivity index (χ0n) is 11.8. The number of carbonyl (C=O) groups excluding carboxylic acids is 2. The van der Waals surface area contributed by atoms with Crippen LogP contribution in [0.3, 0.4) is 0 Å². The average Bonchev–Trinajstić information content (AvgIpc) is 2.72. The molecule has 0 aliphatic carbocycles. The molecular weight excluding hydrogens is 336 g/mol. The molecule has 2 N–H and O–H groups in total. The van der Waals surface area contributed by atoms with Crippen molar-refractivity contribution in [3.05, 3.63) is 28.2 Å². The summed E-state index contributed by atoms with van der Waals surface area (Å²) >= 11 is 3.27. The highest BCUT2D eigenvalue weighted by molar-refractivity contribution is 9.10. The third kappa shape index (κ3) is 4.74. The molecule has 2 rings (SSSR count). The Morgan fingerprint density at radius 3 is 2.43 bits per heavy atom. The van der Waals surface area contributed by atoms with Crippen molar-refractivity contribution < 1.29 is 14.3 Å². The minimum Gasteiger partial charge on any atom is -0.452 e. The largest absolute Gasteiger partial charge is 0.452 e. The molecule has 1 aliphatic heterocycles. The SMILES string of the molecule is Nc1cc(Br)cc(C(=O)OCC(=O)N2CCCCCC2)c1. The van der Waals surface area contributed by atoms with Crippen LogP contribution in [0.15, 0.2) is 22.7 Å². The highest BCUT2D eigenvalue weighted by atomic mass is 79.9. The van der Waals surface area contributed by atoms with Crippen LogP contribution in [0.2, 0.25) is 0 Å². The number of amides is 1. The van der Waals surface area contributed by atoms with Gasteiger partial charge in [0.05, 0.1) is 5.56 Å². The summed E-state index contributed by atoms with van der Waals surface area (Å²) in [5, 5.41) is 0. The van der Waals surface area contributed by atoms with Crippen LogP contribution >= 0.6 is 15.9 Å². The first kappa shape index (κ1) is 15.8. The quantitative estimate of drug-likeness (QED) is 0.668. The molecular formula is C15H19BrN2O3. The number of anilines is 1. The lowest BCUT2D eigenvalue weighted by Gasteiger charge is -2.19. The van der Waals surface area contributed by atoms with E-state index >= 15 is 0 Å². The Bertz CT molecular complexity index is 505. The van der Waals surface area contributed by atoms with Gasteiger partial charge in [-0.2, -0.15) is 0 Å². The summed E-state index contributed by atoms with van der Waals surface area (Å²) in [6.07, 6.45) is 4.34. The number of likely N-dealkylation sites (tertiary alicyclic amines) is 1. The van der Waals surface area contributed by atoms with Gasteiger partial charge >= 0.3 is 5.97 Å². The van der Waals surface area contributed by atoms with E-state index in [1.165, 1.54) is 6.07 Å². The number of rotatable bonds is 3. The van der Waals surface area contributed by atoms with Gasteiger partial charge in [0, 0.05) is 23.2 Å². The number of esters is 1. The Morgan fingerprint density at radius 2 is 1.81 bits per heavy atom. The van der Waals surface area contributed by atoms with Crippen molar-refractivity contribution in [1.82, 2.24) is 4.90 Å². The summed E-state index contributed by atoms with van der Waals surface area (Å²) in [6, 6.07) is 4.85. The van der Waals surface area contributed by atoms with Gasteiger partial charge in [-0.3, -0.25) is 4.79 Å². The summed E-state index contributed by atoms with van der Waals surface area (Å²) in [5.41, 5.74) is 6.48. The van der Waals surface area contributed by atoms with Gasteiger partial charge in [0.15, 0.2) is 6.61 Å². The molecule has 1 aromatic rings. The first-order valence-electron chi connectivity index (χ1n) is 7.07. The highest BCUT2D eigenvalue weighted by Crippen LogP contribution is 2.18. The van der Waals surface area contributed by atoms with Crippen LogP contribution in [-0.4, -0.2) is 36.5 Å². The lowest BCUT2D eigenvalue weighted by molar-refractivity contribution is -0.134. The van der Waals surface area contributed by atoms with E-state index in [0.717, 1.165) is 38.8 Å². The minimum atomic E-state index is -0.536. The van der Waals surface area contributed by atoms with Crippen LogP contribution in [0, 0.1) is 0 Å². The first-order chi connectivity index (χ1) is 10.1. The lowest BCUT2D eigenvalue weighted by atomic mass is 10.2. The Kier molecular flexibility index (Phi) is 5.61. The smallest absolute Gasteiger partial charge is 0.338 e. The molecule has 1 aliphatic rings. The second kappa shape index (κ2) is 7.45. The van der Waals surface area contributed by atoms with Crippen LogP contribution in [0.25, 0.3) is 0 Å². The standard InChI is InChI=1S/C15H19BrN2O3/c16-12-7-11(8-13(17)9-12)15(20)21-10-14(19)18-5-3-1-2-4-6-18/h7-9H,1-6,10,17H2. The van der Waals surface area contributed by atoms with Crippen molar-refractivity contribution in [3.63, 3.8) is 0 Å². The maximum Gasteiger partial charge on any atom is 0.338 e. The molecule has 5 nitrogen and oxygen atoms in total. The molecule has 1 amide bonds.